The molecule has 0 unspecified atom stereocenters. The second-order valence-electron chi connectivity index (χ2n) is 7.60. The molecule has 0 aliphatic carbocycles. The van der Waals surface area contributed by atoms with Crippen molar-refractivity contribution in [3.05, 3.63) is 64.5 Å². The highest BCUT2D eigenvalue weighted by atomic mass is 32.1. The number of thiophene rings is 1. The molecule has 0 N–H and O–H groups in total. The lowest BCUT2D eigenvalue weighted by Crippen LogP contribution is -2.46. The minimum absolute atomic E-state index is 0.0589. The van der Waals surface area contributed by atoms with E-state index < -0.39 is 5.97 Å². The fraction of sp³-hybridized carbons (Fsp3) is 0.318. The zero-order valence-electron chi connectivity index (χ0n) is 16.8. The molecular formula is C22H24N2O3S2. The quantitative estimate of drug-likeness (QED) is 0.508. The summed E-state index contributed by atoms with van der Waals surface area (Å²) in [6.45, 7) is 6.10. The molecule has 0 radical (unpaired) electrons. The first kappa shape index (κ1) is 21.2. The van der Waals surface area contributed by atoms with Gasteiger partial charge in [-0.05, 0) is 37.8 Å². The summed E-state index contributed by atoms with van der Waals surface area (Å²) in [7, 11) is 0. The number of carbonyl (C=O) groups is 2. The number of hydrogen-bond donors (Lipinski definition) is 0. The Kier molecular flexibility index (Phi) is 6.82. The molecule has 3 rings (SSSR count). The zero-order chi connectivity index (χ0) is 20.9. The van der Waals surface area contributed by atoms with Crippen LogP contribution in [0.15, 0.2) is 53.2 Å². The Labute approximate surface area is 179 Å². The van der Waals surface area contributed by atoms with Crippen LogP contribution in [0.3, 0.4) is 0 Å². The van der Waals surface area contributed by atoms with E-state index in [1.807, 2.05) is 74.0 Å². The largest absolute Gasteiger partial charge is 0.455 e. The van der Waals surface area contributed by atoms with E-state index in [1.54, 1.807) is 16.2 Å². The highest BCUT2D eigenvalue weighted by Crippen LogP contribution is 2.28. The average Bonchev–Trinajstić information content (AvgIpc) is 3.36. The van der Waals surface area contributed by atoms with Crippen molar-refractivity contribution in [2.24, 2.45) is 0 Å². The van der Waals surface area contributed by atoms with Crippen LogP contribution in [0.5, 0.6) is 0 Å². The van der Waals surface area contributed by atoms with E-state index in [0.717, 1.165) is 15.4 Å². The summed E-state index contributed by atoms with van der Waals surface area (Å²) in [5.41, 5.74) is 1.31. The lowest BCUT2D eigenvalue weighted by atomic mass is 10.0. The number of aromatic nitrogens is 1. The van der Waals surface area contributed by atoms with E-state index >= 15 is 0 Å². The number of hydrogen-bond acceptors (Lipinski definition) is 6. The molecule has 2 heterocycles. The molecule has 0 fully saturated rings. The lowest BCUT2D eigenvalue weighted by Gasteiger charge is -2.35. The van der Waals surface area contributed by atoms with Crippen molar-refractivity contribution in [2.45, 2.75) is 39.3 Å². The zero-order valence-corrected chi connectivity index (χ0v) is 18.4. The molecule has 152 valence electrons. The van der Waals surface area contributed by atoms with Gasteiger partial charge in [0, 0.05) is 17.5 Å². The van der Waals surface area contributed by atoms with Gasteiger partial charge in [0.05, 0.1) is 17.0 Å². The summed E-state index contributed by atoms with van der Waals surface area (Å²) in [6.07, 6.45) is 0.0589. The van der Waals surface area contributed by atoms with Crippen molar-refractivity contribution in [1.29, 1.82) is 0 Å². The van der Waals surface area contributed by atoms with Gasteiger partial charge in [0.1, 0.15) is 5.01 Å². The van der Waals surface area contributed by atoms with Crippen LogP contribution in [0.4, 0.5) is 0 Å². The highest BCUT2D eigenvalue weighted by Gasteiger charge is 2.27. The first-order valence-corrected chi connectivity index (χ1v) is 11.1. The molecule has 0 spiro atoms. The van der Waals surface area contributed by atoms with Crippen molar-refractivity contribution in [3.8, 4) is 9.88 Å². The number of thiazole rings is 1. The molecular weight excluding hydrogens is 404 g/mol. The van der Waals surface area contributed by atoms with E-state index in [0.29, 0.717) is 12.2 Å². The van der Waals surface area contributed by atoms with Crippen molar-refractivity contribution < 1.29 is 14.3 Å². The Hall–Kier alpha value is -2.51. The third kappa shape index (κ3) is 5.98. The Morgan fingerprint density at radius 3 is 2.48 bits per heavy atom. The number of amides is 1. The molecule has 0 aliphatic heterocycles. The van der Waals surface area contributed by atoms with E-state index in [4.69, 9.17) is 4.74 Å². The van der Waals surface area contributed by atoms with E-state index in [9.17, 15) is 9.59 Å². The third-order valence-corrected chi connectivity index (χ3v) is 6.19. The summed E-state index contributed by atoms with van der Waals surface area (Å²) in [6, 6.07) is 13.8. The minimum Gasteiger partial charge on any atom is -0.455 e. The van der Waals surface area contributed by atoms with Crippen LogP contribution in [-0.4, -0.2) is 33.9 Å². The Bertz CT molecular complexity index is 944. The molecule has 5 nitrogen and oxygen atoms in total. The number of nitrogens with zero attached hydrogens (tertiary/aromatic N) is 2. The molecule has 29 heavy (non-hydrogen) atoms. The monoisotopic (exact) mass is 428 g/mol. The van der Waals surface area contributed by atoms with Gasteiger partial charge in [-0.2, -0.15) is 0 Å². The van der Waals surface area contributed by atoms with Crippen LogP contribution in [0.1, 0.15) is 32.0 Å². The molecule has 2 aromatic heterocycles. The topological polar surface area (TPSA) is 59.5 Å². The van der Waals surface area contributed by atoms with Crippen LogP contribution in [0.2, 0.25) is 0 Å². The molecule has 0 bridgehead atoms. The Morgan fingerprint density at radius 2 is 1.83 bits per heavy atom. The number of ether oxygens (including phenoxy) is 1. The standard InChI is InChI=1S/C22H24N2O3S2/c1-22(2,3)24(13-16-8-5-4-6-9-16)19(25)14-27-20(26)12-17-15-29-21(23-17)18-10-7-11-28-18/h4-11,15H,12-14H2,1-3H3. The smallest absolute Gasteiger partial charge is 0.312 e. The second-order valence-corrected chi connectivity index (χ2v) is 9.40. The van der Waals surface area contributed by atoms with Gasteiger partial charge in [-0.3, -0.25) is 9.59 Å². The molecule has 0 saturated heterocycles. The Balaban J connectivity index is 1.55. The predicted molar refractivity (Wildman–Crippen MR) is 117 cm³/mol. The maximum absolute atomic E-state index is 12.7. The molecule has 0 aliphatic rings. The molecule has 7 heteroatoms. The predicted octanol–water partition coefficient (Wildman–Crippen LogP) is 4.78. The maximum Gasteiger partial charge on any atom is 0.312 e. The van der Waals surface area contributed by atoms with Crippen molar-refractivity contribution in [3.63, 3.8) is 0 Å². The number of esters is 1. The van der Waals surface area contributed by atoms with Crippen LogP contribution in [0.25, 0.3) is 9.88 Å². The van der Waals surface area contributed by atoms with Crippen LogP contribution >= 0.6 is 22.7 Å². The highest BCUT2D eigenvalue weighted by molar-refractivity contribution is 7.20. The van der Waals surface area contributed by atoms with E-state index in [2.05, 4.69) is 4.98 Å². The van der Waals surface area contributed by atoms with Gasteiger partial charge in [-0.25, -0.2) is 4.98 Å². The van der Waals surface area contributed by atoms with Crippen molar-refractivity contribution >= 4 is 34.6 Å². The fourth-order valence-corrected chi connectivity index (χ4v) is 4.42. The molecule has 3 aromatic rings. The SMILES string of the molecule is CC(C)(C)N(Cc1ccccc1)C(=O)COC(=O)Cc1csc(-c2cccs2)n1. The average molecular weight is 429 g/mol. The summed E-state index contributed by atoms with van der Waals surface area (Å²) in [5.74, 6) is -0.665. The lowest BCUT2D eigenvalue weighted by molar-refractivity contribution is -0.154. The molecule has 1 aromatic carbocycles. The van der Waals surface area contributed by atoms with E-state index in [1.165, 1.54) is 11.3 Å². The van der Waals surface area contributed by atoms with Gasteiger partial charge in [-0.1, -0.05) is 36.4 Å². The molecule has 1 amide bonds. The summed E-state index contributed by atoms with van der Waals surface area (Å²) in [5, 5.41) is 4.74. The summed E-state index contributed by atoms with van der Waals surface area (Å²) in [4.78, 5) is 32.3. The second kappa shape index (κ2) is 9.33. The van der Waals surface area contributed by atoms with Gasteiger partial charge in [0.2, 0.25) is 0 Å². The van der Waals surface area contributed by atoms with Gasteiger partial charge < -0.3 is 9.64 Å². The van der Waals surface area contributed by atoms with Gasteiger partial charge in [0.25, 0.3) is 5.91 Å². The summed E-state index contributed by atoms with van der Waals surface area (Å²) < 4.78 is 5.26. The first-order chi connectivity index (χ1) is 13.8. The Morgan fingerprint density at radius 1 is 1.07 bits per heavy atom. The van der Waals surface area contributed by atoms with Gasteiger partial charge in [0.15, 0.2) is 6.61 Å². The number of benzene rings is 1. The number of rotatable bonds is 7. The van der Waals surface area contributed by atoms with Crippen LogP contribution < -0.4 is 0 Å². The van der Waals surface area contributed by atoms with Crippen molar-refractivity contribution in [2.75, 3.05) is 6.61 Å². The van der Waals surface area contributed by atoms with E-state index in [-0.39, 0.29) is 24.5 Å². The van der Waals surface area contributed by atoms with Crippen molar-refractivity contribution in [1.82, 2.24) is 9.88 Å². The maximum atomic E-state index is 12.7. The number of carbonyl (C=O) groups excluding carboxylic acids is 2. The third-order valence-electron chi connectivity index (χ3n) is 4.26. The normalized spacial score (nSPS) is 11.3. The molecule has 0 atom stereocenters. The van der Waals surface area contributed by atoms with Crippen LogP contribution in [0, 0.1) is 0 Å². The minimum atomic E-state index is -0.449. The first-order valence-electron chi connectivity index (χ1n) is 9.31. The fourth-order valence-electron chi connectivity index (χ4n) is 2.79. The summed E-state index contributed by atoms with van der Waals surface area (Å²) >= 11 is 3.11. The van der Waals surface area contributed by atoms with Crippen LogP contribution in [-0.2, 0) is 27.3 Å². The molecule has 0 saturated carbocycles. The van der Waals surface area contributed by atoms with Gasteiger partial charge >= 0.3 is 5.97 Å². The van der Waals surface area contributed by atoms with Gasteiger partial charge in [-0.15, -0.1) is 22.7 Å².